The van der Waals surface area contributed by atoms with E-state index in [1.807, 2.05) is 30.1 Å². The molecule has 0 spiro atoms. The lowest BCUT2D eigenvalue weighted by Crippen LogP contribution is -2.59. The lowest BCUT2D eigenvalue weighted by atomic mass is 9.42. The number of methoxy groups -OCH3 is 1. The summed E-state index contributed by atoms with van der Waals surface area (Å²) in [4.78, 5) is 15.8. The highest BCUT2D eigenvalue weighted by Gasteiger charge is 2.61. The van der Waals surface area contributed by atoms with Crippen molar-refractivity contribution in [3.63, 3.8) is 0 Å². The predicted molar refractivity (Wildman–Crippen MR) is 115 cm³/mol. The molecule has 152 valence electrons. The minimum absolute atomic E-state index is 0.173. The molecular weight excluding hydrogens is 358 g/mol. The second-order valence-corrected chi connectivity index (χ2v) is 9.90. The zero-order chi connectivity index (χ0) is 20.1. The summed E-state index contributed by atoms with van der Waals surface area (Å²) in [5.41, 5.74) is 2.62. The Kier molecular flexibility index (Phi) is 4.45. The zero-order valence-corrected chi connectivity index (χ0v) is 17.6. The molecule has 4 bridgehead atoms. The number of ether oxygens (including phenoxy) is 1. The number of benzene rings is 2. The van der Waals surface area contributed by atoms with Gasteiger partial charge >= 0.3 is 0 Å². The number of hydrogen-bond acceptors (Lipinski definition) is 2. The molecule has 29 heavy (non-hydrogen) atoms. The Bertz CT molecular complexity index is 892. The van der Waals surface area contributed by atoms with E-state index in [1.54, 1.807) is 7.11 Å². The molecule has 1 amide bonds. The topological polar surface area (TPSA) is 29.5 Å². The van der Waals surface area contributed by atoms with Crippen molar-refractivity contribution in [3.05, 3.63) is 65.7 Å². The third-order valence-electron chi connectivity index (χ3n) is 7.80. The van der Waals surface area contributed by atoms with Gasteiger partial charge in [0.15, 0.2) is 0 Å². The average Bonchev–Trinajstić information content (AvgIpc) is 2.73. The van der Waals surface area contributed by atoms with Gasteiger partial charge in [-0.3, -0.25) is 4.79 Å². The van der Waals surface area contributed by atoms with Crippen molar-refractivity contribution in [2.24, 2.45) is 17.3 Å². The third-order valence-corrected chi connectivity index (χ3v) is 7.80. The summed E-state index contributed by atoms with van der Waals surface area (Å²) in [6.45, 7) is 0.644. The van der Waals surface area contributed by atoms with Gasteiger partial charge in [-0.15, -0.1) is 0 Å². The van der Waals surface area contributed by atoms with E-state index in [4.69, 9.17) is 4.74 Å². The summed E-state index contributed by atoms with van der Waals surface area (Å²) >= 11 is 0. The lowest BCUT2D eigenvalue weighted by molar-refractivity contribution is -0.159. The van der Waals surface area contributed by atoms with Crippen molar-refractivity contribution in [2.45, 2.75) is 50.5 Å². The van der Waals surface area contributed by atoms with Crippen LogP contribution in [-0.2, 0) is 16.8 Å². The molecule has 2 aromatic rings. The average molecular weight is 390 g/mol. The predicted octanol–water partition coefficient (Wildman–Crippen LogP) is 5.19. The Morgan fingerprint density at radius 1 is 1.03 bits per heavy atom. The van der Waals surface area contributed by atoms with Gasteiger partial charge in [-0.25, -0.2) is 0 Å². The van der Waals surface area contributed by atoms with Crippen LogP contribution >= 0.6 is 0 Å². The summed E-state index contributed by atoms with van der Waals surface area (Å²) < 4.78 is 5.36. The van der Waals surface area contributed by atoms with E-state index in [0.717, 1.165) is 30.6 Å². The van der Waals surface area contributed by atoms with Crippen LogP contribution in [0.15, 0.2) is 54.6 Å². The summed E-state index contributed by atoms with van der Waals surface area (Å²) in [7, 11) is 3.67. The molecule has 0 aromatic heterocycles. The van der Waals surface area contributed by atoms with Gasteiger partial charge in [0.2, 0.25) is 5.91 Å². The van der Waals surface area contributed by atoms with E-state index in [1.165, 1.54) is 24.8 Å². The molecule has 0 radical (unpaired) electrons. The monoisotopic (exact) mass is 389 g/mol. The van der Waals surface area contributed by atoms with Crippen molar-refractivity contribution in [2.75, 3.05) is 14.2 Å². The Labute approximate surface area is 174 Å². The largest absolute Gasteiger partial charge is 0.497 e. The number of carbonyl (C=O) groups is 1. The van der Waals surface area contributed by atoms with Crippen molar-refractivity contribution in [1.29, 1.82) is 0 Å². The Balaban J connectivity index is 1.41. The smallest absolute Gasteiger partial charge is 0.228 e. The molecule has 4 aliphatic rings. The van der Waals surface area contributed by atoms with Crippen LogP contribution in [0.25, 0.3) is 0 Å². The first-order chi connectivity index (χ1) is 14.0. The fourth-order valence-electron chi connectivity index (χ4n) is 7.16. The van der Waals surface area contributed by atoms with Crippen LogP contribution in [0.3, 0.4) is 0 Å². The highest BCUT2D eigenvalue weighted by Crippen LogP contribution is 2.66. The summed E-state index contributed by atoms with van der Waals surface area (Å²) in [5.74, 6) is 2.60. The van der Waals surface area contributed by atoms with Crippen LogP contribution in [-0.4, -0.2) is 25.0 Å². The molecule has 6 rings (SSSR count). The number of nitrogens with zero attached hydrogens (tertiary/aromatic N) is 1. The second-order valence-electron chi connectivity index (χ2n) is 9.90. The SMILES string of the molecule is COc1cccc(CN(C)C(=O)C23C[C@@H]4C[C@@H](C2)CC(c2ccccc2)(C4)C3)c1. The van der Waals surface area contributed by atoms with Gasteiger partial charge < -0.3 is 9.64 Å². The normalized spacial score (nSPS) is 32.2. The van der Waals surface area contributed by atoms with Crippen LogP contribution in [0.1, 0.15) is 49.7 Å². The van der Waals surface area contributed by atoms with Crippen molar-refractivity contribution in [1.82, 2.24) is 4.90 Å². The van der Waals surface area contributed by atoms with Gasteiger partial charge in [0.05, 0.1) is 12.5 Å². The summed E-state index contributed by atoms with van der Waals surface area (Å²) in [6.07, 6.45) is 7.05. The fraction of sp³-hybridized carbons (Fsp3) is 0.500. The standard InChI is InChI=1S/C26H31NO2/c1-27(17-19-7-6-10-23(12-19)29-2)24(28)26-15-20-11-21(16-26)14-25(13-20,18-26)22-8-4-3-5-9-22/h3-10,12,20-21H,11,13-18H2,1-2H3/t20-,21-,25?,26?/m1/s1. The van der Waals surface area contributed by atoms with E-state index >= 15 is 0 Å². The van der Waals surface area contributed by atoms with Crippen LogP contribution in [0.4, 0.5) is 0 Å². The first kappa shape index (κ1) is 18.7. The Hall–Kier alpha value is -2.29. The summed E-state index contributed by atoms with van der Waals surface area (Å²) in [6, 6.07) is 19.1. The Morgan fingerprint density at radius 3 is 2.45 bits per heavy atom. The number of carbonyl (C=O) groups excluding carboxylic acids is 1. The first-order valence-electron chi connectivity index (χ1n) is 11.0. The van der Waals surface area contributed by atoms with Gasteiger partial charge in [-0.2, -0.15) is 0 Å². The number of rotatable bonds is 5. The van der Waals surface area contributed by atoms with E-state index in [-0.39, 0.29) is 10.8 Å². The molecule has 4 aliphatic carbocycles. The van der Waals surface area contributed by atoms with Gasteiger partial charge in [-0.05, 0) is 79.0 Å². The van der Waals surface area contributed by atoms with Crippen molar-refractivity contribution >= 4 is 5.91 Å². The molecule has 0 aliphatic heterocycles. The van der Waals surface area contributed by atoms with E-state index in [2.05, 4.69) is 36.4 Å². The molecule has 0 heterocycles. The fourth-order valence-corrected chi connectivity index (χ4v) is 7.16. The molecule has 2 aromatic carbocycles. The number of hydrogen-bond donors (Lipinski definition) is 0. The molecule has 4 saturated carbocycles. The maximum Gasteiger partial charge on any atom is 0.228 e. The van der Waals surface area contributed by atoms with Crippen LogP contribution in [0.5, 0.6) is 5.75 Å². The molecule has 2 atom stereocenters. The molecule has 0 N–H and O–H groups in total. The lowest BCUT2D eigenvalue weighted by Gasteiger charge is -2.62. The highest BCUT2D eigenvalue weighted by atomic mass is 16.5. The van der Waals surface area contributed by atoms with Gasteiger partial charge in [0.1, 0.15) is 5.75 Å². The third kappa shape index (κ3) is 3.15. The highest BCUT2D eigenvalue weighted by molar-refractivity contribution is 5.83. The molecule has 3 heteroatoms. The molecular formula is C26H31NO2. The maximum absolute atomic E-state index is 13.8. The van der Waals surface area contributed by atoms with Crippen LogP contribution in [0, 0.1) is 17.3 Å². The van der Waals surface area contributed by atoms with E-state index < -0.39 is 0 Å². The van der Waals surface area contributed by atoms with Crippen molar-refractivity contribution < 1.29 is 9.53 Å². The van der Waals surface area contributed by atoms with Crippen LogP contribution in [0.2, 0.25) is 0 Å². The quantitative estimate of drug-likeness (QED) is 0.704. The summed E-state index contributed by atoms with van der Waals surface area (Å²) in [5, 5.41) is 0. The first-order valence-corrected chi connectivity index (χ1v) is 11.0. The minimum atomic E-state index is -0.173. The van der Waals surface area contributed by atoms with Gasteiger partial charge in [0.25, 0.3) is 0 Å². The number of amides is 1. The van der Waals surface area contributed by atoms with Gasteiger partial charge in [-0.1, -0.05) is 42.5 Å². The minimum Gasteiger partial charge on any atom is -0.497 e. The van der Waals surface area contributed by atoms with Crippen LogP contribution < -0.4 is 4.74 Å². The molecule has 4 fully saturated rings. The maximum atomic E-state index is 13.8. The zero-order valence-electron chi connectivity index (χ0n) is 17.6. The van der Waals surface area contributed by atoms with Crippen molar-refractivity contribution in [3.8, 4) is 5.75 Å². The van der Waals surface area contributed by atoms with Gasteiger partial charge in [0, 0.05) is 13.6 Å². The van der Waals surface area contributed by atoms with E-state index in [0.29, 0.717) is 24.3 Å². The molecule has 0 saturated heterocycles. The Morgan fingerprint density at radius 2 is 1.76 bits per heavy atom. The molecule has 0 unspecified atom stereocenters. The molecule has 3 nitrogen and oxygen atoms in total. The van der Waals surface area contributed by atoms with E-state index in [9.17, 15) is 4.79 Å². The second kappa shape index (κ2) is 6.90.